The summed E-state index contributed by atoms with van der Waals surface area (Å²) >= 11 is 6.94. The van der Waals surface area contributed by atoms with Gasteiger partial charge in [-0.1, -0.05) is 35.5 Å². The number of hydrogen-bond donors (Lipinski definition) is 2. The fraction of sp³-hybridized carbons (Fsp3) is 0.273. The smallest absolute Gasteiger partial charge is 0.269 e. The lowest BCUT2D eigenvalue weighted by molar-refractivity contribution is -0.119. The lowest BCUT2D eigenvalue weighted by Crippen LogP contribution is -2.42. The van der Waals surface area contributed by atoms with Gasteiger partial charge in [0.15, 0.2) is 5.16 Å². The second kappa shape index (κ2) is 11.7. The van der Waals surface area contributed by atoms with Gasteiger partial charge in [0.2, 0.25) is 5.91 Å². The summed E-state index contributed by atoms with van der Waals surface area (Å²) in [5, 5.41) is 1.47. The molecule has 0 fully saturated rings. The lowest BCUT2D eigenvalue weighted by Gasteiger charge is -2.13. The van der Waals surface area contributed by atoms with Gasteiger partial charge in [-0.15, -0.1) is 0 Å². The maximum atomic E-state index is 13.0. The standard InChI is InChI=1S/C22H23ClN4O4S/c1-2-31-13-5-12-27-21(30)17-6-3-4-7-18(17)24-22(27)32-14-19(28)25-26-20(29)15-8-10-16(23)11-9-15/h3-4,6-11H,2,5,12-14H2,1H3,(H,25,28)(H,26,29). The second-order valence-electron chi connectivity index (χ2n) is 6.72. The Labute approximate surface area is 194 Å². The van der Waals surface area contributed by atoms with Gasteiger partial charge in [0.05, 0.1) is 16.7 Å². The summed E-state index contributed by atoms with van der Waals surface area (Å²) in [4.78, 5) is 41.9. The predicted octanol–water partition coefficient (Wildman–Crippen LogP) is 3.03. The summed E-state index contributed by atoms with van der Waals surface area (Å²) in [7, 11) is 0. The first-order chi connectivity index (χ1) is 15.5. The summed E-state index contributed by atoms with van der Waals surface area (Å²) in [5.74, 6) is -0.922. The molecule has 2 aromatic carbocycles. The van der Waals surface area contributed by atoms with Crippen molar-refractivity contribution in [2.45, 2.75) is 25.0 Å². The van der Waals surface area contributed by atoms with Crippen LogP contribution in [0.2, 0.25) is 5.02 Å². The van der Waals surface area contributed by atoms with E-state index in [1.807, 2.05) is 13.0 Å². The van der Waals surface area contributed by atoms with Gasteiger partial charge in [-0.2, -0.15) is 0 Å². The number of halogens is 1. The predicted molar refractivity (Wildman–Crippen MR) is 125 cm³/mol. The van der Waals surface area contributed by atoms with Crippen LogP contribution in [0.5, 0.6) is 0 Å². The zero-order chi connectivity index (χ0) is 22.9. The Bertz CT molecular complexity index is 1150. The molecular formula is C22H23ClN4O4S. The molecule has 2 amide bonds. The van der Waals surface area contributed by atoms with Crippen LogP contribution in [-0.2, 0) is 16.1 Å². The van der Waals surface area contributed by atoms with E-state index in [-0.39, 0.29) is 11.3 Å². The quantitative estimate of drug-likeness (QED) is 0.214. The van der Waals surface area contributed by atoms with Crippen molar-refractivity contribution in [1.29, 1.82) is 0 Å². The van der Waals surface area contributed by atoms with Crippen LogP contribution >= 0.6 is 23.4 Å². The zero-order valence-electron chi connectivity index (χ0n) is 17.5. The molecule has 0 saturated carbocycles. The fourth-order valence-electron chi connectivity index (χ4n) is 2.89. The highest BCUT2D eigenvalue weighted by atomic mass is 35.5. The molecule has 1 aromatic heterocycles. The Morgan fingerprint density at radius 3 is 2.62 bits per heavy atom. The first-order valence-electron chi connectivity index (χ1n) is 10.0. The Morgan fingerprint density at radius 2 is 1.88 bits per heavy atom. The van der Waals surface area contributed by atoms with Gasteiger partial charge in [-0.25, -0.2) is 4.98 Å². The third-order valence-corrected chi connectivity index (χ3v) is 5.68. The van der Waals surface area contributed by atoms with Crippen LogP contribution in [0.25, 0.3) is 10.9 Å². The van der Waals surface area contributed by atoms with Crippen LogP contribution in [0.1, 0.15) is 23.7 Å². The molecule has 3 rings (SSSR count). The van der Waals surface area contributed by atoms with Crippen molar-refractivity contribution in [3.05, 3.63) is 69.5 Å². The largest absolute Gasteiger partial charge is 0.382 e. The third-order valence-electron chi connectivity index (χ3n) is 4.46. The van der Waals surface area contributed by atoms with Crippen LogP contribution in [-0.4, -0.2) is 40.3 Å². The number of carbonyl (C=O) groups is 2. The lowest BCUT2D eigenvalue weighted by atomic mass is 10.2. The number of rotatable bonds is 9. The molecule has 10 heteroatoms. The number of nitrogens with zero attached hydrogens (tertiary/aromatic N) is 2. The van der Waals surface area contributed by atoms with Crippen molar-refractivity contribution >= 4 is 46.1 Å². The zero-order valence-corrected chi connectivity index (χ0v) is 19.0. The van der Waals surface area contributed by atoms with E-state index in [2.05, 4.69) is 15.8 Å². The van der Waals surface area contributed by atoms with E-state index < -0.39 is 11.8 Å². The van der Waals surface area contributed by atoms with Crippen molar-refractivity contribution in [3.63, 3.8) is 0 Å². The molecule has 0 aliphatic rings. The molecule has 2 N–H and O–H groups in total. The Morgan fingerprint density at radius 1 is 1.12 bits per heavy atom. The summed E-state index contributed by atoms with van der Waals surface area (Å²) in [5.41, 5.74) is 5.50. The van der Waals surface area contributed by atoms with Crippen LogP contribution in [0.4, 0.5) is 0 Å². The maximum Gasteiger partial charge on any atom is 0.269 e. The molecule has 0 aliphatic heterocycles. The summed E-state index contributed by atoms with van der Waals surface area (Å²) in [6.07, 6.45) is 0.644. The fourth-order valence-corrected chi connectivity index (χ4v) is 3.84. The van der Waals surface area contributed by atoms with E-state index in [0.717, 1.165) is 11.8 Å². The number of hydrazine groups is 1. The van der Waals surface area contributed by atoms with E-state index in [9.17, 15) is 14.4 Å². The van der Waals surface area contributed by atoms with E-state index in [4.69, 9.17) is 16.3 Å². The van der Waals surface area contributed by atoms with Gasteiger partial charge >= 0.3 is 0 Å². The molecule has 0 radical (unpaired) electrons. The summed E-state index contributed by atoms with van der Waals surface area (Å²) in [6.45, 7) is 3.47. The summed E-state index contributed by atoms with van der Waals surface area (Å²) < 4.78 is 6.92. The molecule has 0 bridgehead atoms. The summed E-state index contributed by atoms with van der Waals surface area (Å²) in [6, 6.07) is 13.4. The topological polar surface area (TPSA) is 102 Å². The molecule has 0 saturated heterocycles. The number of amides is 2. The minimum Gasteiger partial charge on any atom is -0.382 e. The van der Waals surface area contributed by atoms with E-state index in [1.165, 1.54) is 0 Å². The van der Waals surface area contributed by atoms with E-state index in [0.29, 0.717) is 52.8 Å². The first-order valence-corrected chi connectivity index (χ1v) is 11.4. The molecule has 0 unspecified atom stereocenters. The number of ether oxygens (including phenoxy) is 1. The number of carbonyl (C=O) groups excluding carboxylic acids is 2. The first kappa shape index (κ1) is 23.8. The highest BCUT2D eigenvalue weighted by Crippen LogP contribution is 2.18. The Kier molecular flexibility index (Phi) is 8.66. The van der Waals surface area contributed by atoms with Crippen molar-refractivity contribution < 1.29 is 14.3 Å². The molecule has 0 spiro atoms. The molecule has 8 nitrogen and oxygen atoms in total. The third kappa shape index (κ3) is 6.32. The van der Waals surface area contributed by atoms with Gasteiger partial charge < -0.3 is 4.74 Å². The maximum absolute atomic E-state index is 13.0. The molecule has 1 heterocycles. The normalized spacial score (nSPS) is 10.8. The molecule has 0 atom stereocenters. The molecule has 32 heavy (non-hydrogen) atoms. The SMILES string of the molecule is CCOCCCn1c(SCC(=O)NNC(=O)c2ccc(Cl)cc2)nc2ccccc2c1=O. The van der Waals surface area contributed by atoms with E-state index >= 15 is 0 Å². The van der Waals surface area contributed by atoms with Crippen LogP contribution < -0.4 is 16.4 Å². The highest BCUT2D eigenvalue weighted by molar-refractivity contribution is 7.99. The van der Waals surface area contributed by atoms with Crippen molar-refractivity contribution in [3.8, 4) is 0 Å². The van der Waals surface area contributed by atoms with Gasteiger partial charge in [-0.3, -0.25) is 29.8 Å². The number of para-hydroxylation sites is 1. The number of aromatic nitrogens is 2. The number of benzene rings is 2. The minimum absolute atomic E-state index is 0.0306. The molecule has 3 aromatic rings. The number of fused-ring (bicyclic) bond motifs is 1. The molecule has 168 valence electrons. The Hall–Kier alpha value is -2.88. The van der Waals surface area contributed by atoms with Gasteiger partial charge in [0.25, 0.3) is 11.5 Å². The van der Waals surface area contributed by atoms with Crippen molar-refractivity contribution in [1.82, 2.24) is 20.4 Å². The monoisotopic (exact) mass is 474 g/mol. The second-order valence-corrected chi connectivity index (χ2v) is 8.10. The highest BCUT2D eigenvalue weighted by Gasteiger charge is 2.14. The number of thioether (sulfide) groups is 1. The van der Waals surface area contributed by atoms with Crippen molar-refractivity contribution in [2.75, 3.05) is 19.0 Å². The van der Waals surface area contributed by atoms with Gasteiger partial charge in [0.1, 0.15) is 0 Å². The number of hydrogen-bond acceptors (Lipinski definition) is 6. The Balaban J connectivity index is 1.65. The van der Waals surface area contributed by atoms with Gasteiger partial charge in [0, 0.05) is 30.3 Å². The van der Waals surface area contributed by atoms with Crippen LogP contribution in [0.3, 0.4) is 0 Å². The van der Waals surface area contributed by atoms with Crippen molar-refractivity contribution in [2.24, 2.45) is 0 Å². The van der Waals surface area contributed by atoms with E-state index in [1.54, 1.807) is 47.0 Å². The van der Waals surface area contributed by atoms with Crippen LogP contribution in [0.15, 0.2) is 58.5 Å². The number of nitrogens with one attached hydrogen (secondary N) is 2. The average Bonchev–Trinajstić information content (AvgIpc) is 2.80. The molecule has 0 aliphatic carbocycles. The molecular weight excluding hydrogens is 452 g/mol. The van der Waals surface area contributed by atoms with Gasteiger partial charge in [-0.05, 0) is 49.7 Å². The van der Waals surface area contributed by atoms with Crippen LogP contribution in [0, 0.1) is 0 Å². The minimum atomic E-state index is -0.461. The average molecular weight is 475 g/mol.